The summed E-state index contributed by atoms with van der Waals surface area (Å²) >= 11 is 0. The van der Waals surface area contributed by atoms with Crippen LogP contribution in [0.5, 0.6) is 5.75 Å². The van der Waals surface area contributed by atoms with Crippen LogP contribution in [0.4, 0.5) is 13.6 Å². The third-order valence-electron chi connectivity index (χ3n) is 4.31. The van der Waals surface area contributed by atoms with Gasteiger partial charge in [0.1, 0.15) is 12.3 Å². The van der Waals surface area contributed by atoms with Crippen LogP contribution in [-0.2, 0) is 11.3 Å². The van der Waals surface area contributed by atoms with Gasteiger partial charge in [-0.05, 0) is 37.1 Å². The minimum Gasteiger partial charge on any atom is -0.435 e. The van der Waals surface area contributed by atoms with E-state index in [0.717, 1.165) is 36.1 Å². The number of imide groups is 1. The molecule has 0 aromatic heterocycles. The Balaban J connectivity index is 1.71. The SMILES string of the molecule is C[NH+](CC(=O)NC(=O)NC1CCCCC1)Cc1ccc(OC(F)F)cc1. The van der Waals surface area contributed by atoms with Crippen molar-refractivity contribution in [2.75, 3.05) is 13.6 Å². The van der Waals surface area contributed by atoms with Gasteiger partial charge in [0.2, 0.25) is 0 Å². The van der Waals surface area contributed by atoms with Crippen LogP contribution in [0, 0.1) is 0 Å². The fourth-order valence-electron chi connectivity index (χ4n) is 3.11. The molecular weight excluding hydrogens is 344 g/mol. The van der Waals surface area contributed by atoms with Crippen molar-refractivity contribution in [1.82, 2.24) is 10.6 Å². The number of urea groups is 1. The number of ether oxygens (including phenoxy) is 1. The van der Waals surface area contributed by atoms with Crippen LogP contribution in [0.1, 0.15) is 37.7 Å². The second-order valence-electron chi connectivity index (χ2n) is 6.69. The average molecular weight is 370 g/mol. The zero-order valence-corrected chi connectivity index (χ0v) is 14.9. The lowest BCUT2D eigenvalue weighted by molar-refractivity contribution is -0.885. The number of halogens is 2. The predicted octanol–water partition coefficient (Wildman–Crippen LogP) is 1.46. The lowest BCUT2D eigenvalue weighted by Crippen LogP contribution is -3.09. The Kier molecular flexibility index (Phi) is 7.77. The number of carbonyl (C=O) groups excluding carboxylic acids is 2. The summed E-state index contributed by atoms with van der Waals surface area (Å²) in [5.41, 5.74) is 0.878. The molecule has 0 aliphatic heterocycles. The molecular formula is C18H26F2N3O3+. The van der Waals surface area contributed by atoms with Crippen molar-refractivity contribution in [2.45, 2.75) is 51.3 Å². The third kappa shape index (κ3) is 7.35. The summed E-state index contributed by atoms with van der Waals surface area (Å²) in [6, 6.07) is 5.99. The topological polar surface area (TPSA) is 71.9 Å². The summed E-state index contributed by atoms with van der Waals surface area (Å²) in [5, 5.41) is 5.20. The molecule has 6 nitrogen and oxygen atoms in total. The van der Waals surface area contributed by atoms with Crippen LogP contribution in [0.25, 0.3) is 0 Å². The molecule has 26 heavy (non-hydrogen) atoms. The summed E-state index contributed by atoms with van der Waals surface area (Å²) in [6.45, 7) is -2.20. The van der Waals surface area contributed by atoms with E-state index in [1.54, 1.807) is 12.1 Å². The number of amides is 3. The van der Waals surface area contributed by atoms with Crippen molar-refractivity contribution in [2.24, 2.45) is 0 Å². The maximum absolute atomic E-state index is 12.1. The van der Waals surface area contributed by atoms with Gasteiger partial charge in [-0.2, -0.15) is 8.78 Å². The number of nitrogens with one attached hydrogen (secondary N) is 3. The number of hydrogen-bond acceptors (Lipinski definition) is 3. The van der Waals surface area contributed by atoms with Crippen LogP contribution >= 0.6 is 0 Å². The Morgan fingerprint density at radius 1 is 1.19 bits per heavy atom. The van der Waals surface area contributed by atoms with E-state index in [1.807, 2.05) is 7.05 Å². The second kappa shape index (κ2) is 10.1. The quantitative estimate of drug-likeness (QED) is 0.681. The van der Waals surface area contributed by atoms with E-state index in [0.29, 0.717) is 6.54 Å². The van der Waals surface area contributed by atoms with Crippen LogP contribution in [-0.4, -0.2) is 38.2 Å². The van der Waals surface area contributed by atoms with E-state index in [9.17, 15) is 18.4 Å². The van der Waals surface area contributed by atoms with Gasteiger partial charge < -0.3 is 15.0 Å². The molecule has 1 aromatic carbocycles. The molecule has 1 fully saturated rings. The highest BCUT2D eigenvalue weighted by Gasteiger charge is 2.18. The smallest absolute Gasteiger partial charge is 0.387 e. The molecule has 0 saturated heterocycles. The first-order valence-electron chi connectivity index (χ1n) is 8.88. The Morgan fingerprint density at radius 2 is 1.85 bits per heavy atom. The molecule has 3 N–H and O–H groups in total. The highest BCUT2D eigenvalue weighted by Crippen LogP contribution is 2.17. The summed E-state index contributed by atoms with van der Waals surface area (Å²) in [5.74, 6) is -0.257. The molecule has 2 rings (SSSR count). The van der Waals surface area contributed by atoms with Crippen molar-refractivity contribution in [3.05, 3.63) is 29.8 Å². The van der Waals surface area contributed by atoms with E-state index in [2.05, 4.69) is 15.4 Å². The van der Waals surface area contributed by atoms with Gasteiger partial charge in [-0.25, -0.2) is 4.79 Å². The average Bonchev–Trinajstić information content (AvgIpc) is 2.56. The molecule has 8 heteroatoms. The minimum atomic E-state index is -2.85. The van der Waals surface area contributed by atoms with Crippen LogP contribution in [0.15, 0.2) is 24.3 Å². The maximum atomic E-state index is 12.1. The van der Waals surface area contributed by atoms with E-state index >= 15 is 0 Å². The number of benzene rings is 1. The molecule has 3 amide bonds. The monoisotopic (exact) mass is 370 g/mol. The fraction of sp³-hybridized carbons (Fsp3) is 0.556. The van der Waals surface area contributed by atoms with Gasteiger partial charge in [-0.1, -0.05) is 19.3 Å². The van der Waals surface area contributed by atoms with E-state index in [4.69, 9.17) is 0 Å². The molecule has 1 aliphatic rings. The molecule has 1 unspecified atom stereocenters. The van der Waals surface area contributed by atoms with Crippen LogP contribution in [0.3, 0.4) is 0 Å². The Morgan fingerprint density at radius 3 is 2.46 bits per heavy atom. The fourth-order valence-corrected chi connectivity index (χ4v) is 3.11. The van der Waals surface area contributed by atoms with E-state index in [-0.39, 0.29) is 24.2 Å². The molecule has 144 valence electrons. The van der Waals surface area contributed by atoms with Gasteiger partial charge in [-0.15, -0.1) is 0 Å². The van der Waals surface area contributed by atoms with Crippen molar-refractivity contribution >= 4 is 11.9 Å². The zero-order chi connectivity index (χ0) is 18.9. The maximum Gasteiger partial charge on any atom is 0.387 e. The molecule has 0 spiro atoms. The number of rotatable bonds is 7. The Labute approximate surface area is 151 Å². The summed E-state index contributed by atoms with van der Waals surface area (Å²) in [7, 11) is 1.82. The minimum absolute atomic E-state index is 0.0959. The van der Waals surface area contributed by atoms with Crippen molar-refractivity contribution in [1.29, 1.82) is 0 Å². The molecule has 0 heterocycles. The van der Waals surface area contributed by atoms with Gasteiger partial charge in [0.05, 0.1) is 7.05 Å². The Hall–Kier alpha value is -2.22. The highest BCUT2D eigenvalue weighted by atomic mass is 19.3. The van der Waals surface area contributed by atoms with Crippen molar-refractivity contribution < 1.29 is 28.0 Å². The lowest BCUT2D eigenvalue weighted by atomic mass is 9.96. The number of hydrogen-bond donors (Lipinski definition) is 3. The normalized spacial score (nSPS) is 16.2. The molecule has 1 aromatic rings. The summed E-state index contributed by atoms with van der Waals surface area (Å²) in [6.07, 6.45) is 5.32. The number of alkyl halides is 2. The zero-order valence-electron chi connectivity index (χ0n) is 14.9. The van der Waals surface area contributed by atoms with Gasteiger partial charge >= 0.3 is 12.6 Å². The Bertz CT molecular complexity index is 590. The first-order valence-corrected chi connectivity index (χ1v) is 8.88. The first-order chi connectivity index (χ1) is 12.4. The van der Waals surface area contributed by atoms with Gasteiger partial charge in [-0.3, -0.25) is 10.1 Å². The van der Waals surface area contributed by atoms with Crippen molar-refractivity contribution in [3.63, 3.8) is 0 Å². The predicted molar refractivity (Wildman–Crippen MR) is 92.1 cm³/mol. The van der Waals surface area contributed by atoms with Crippen LogP contribution < -0.4 is 20.3 Å². The molecule has 1 aliphatic carbocycles. The van der Waals surface area contributed by atoms with Crippen LogP contribution in [0.2, 0.25) is 0 Å². The van der Waals surface area contributed by atoms with Gasteiger partial charge in [0.15, 0.2) is 6.54 Å². The molecule has 0 radical (unpaired) electrons. The first kappa shape index (κ1) is 20.1. The summed E-state index contributed by atoms with van der Waals surface area (Å²) < 4.78 is 28.5. The largest absolute Gasteiger partial charge is 0.435 e. The molecule has 0 bridgehead atoms. The second-order valence-corrected chi connectivity index (χ2v) is 6.69. The third-order valence-corrected chi connectivity index (χ3v) is 4.31. The summed E-state index contributed by atoms with van der Waals surface area (Å²) in [4.78, 5) is 24.7. The highest BCUT2D eigenvalue weighted by molar-refractivity contribution is 5.94. The van der Waals surface area contributed by atoms with Crippen molar-refractivity contribution in [3.8, 4) is 5.75 Å². The van der Waals surface area contributed by atoms with Gasteiger partial charge in [0.25, 0.3) is 5.91 Å². The number of likely N-dealkylation sites (N-methyl/N-ethyl adjacent to an activating group) is 1. The molecule has 1 saturated carbocycles. The molecule has 1 atom stereocenters. The van der Waals surface area contributed by atoms with Gasteiger partial charge in [0, 0.05) is 11.6 Å². The van der Waals surface area contributed by atoms with E-state index < -0.39 is 12.6 Å². The number of carbonyl (C=O) groups is 2. The standard InChI is InChI=1S/C18H25F2N3O3/c1-23(11-13-7-9-15(10-8-13)26-17(19)20)12-16(24)22-18(25)21-14-5-3-2-4-6-14/h7-10,14,17H,2-6,11-12H2,1H3,(H2,21,22,24,25)/p+1. The van der Waals surface area contributed by atoms with E-state index in [1.165, 1.54) is 18.6 Å². The lowest BCUT2D eigenvalue weighted by Gasteiger charge is -2.22. The number of quaternary nitrogens is 1.